The van der Waals surface area contributed by atoms with Gasteiger partial charge in [-0.25, -0.2) is 4.39 Å². The van der Waals surface area contributed by atoms with Crippen LogP contribution in [0.15, 0.2) is 187 Å². The maximum Gasteiger partial charge on any atom is 0.309 e. The zero-order chi connectivity index (χ0) is 90.2. The summed E-state index contributed by atoms with van der Waals surface area (Å²) >= 11 is 0. The molecule has 19 atom stereocenters. The third kappa shape index (κ3) is 24.1. The minimum atomic E-state index is -0.732. The number of ether oxygens (including phenoxy) is 6. The molecule has 7 aromatic rings. The number of anilines is 1. The second-order valence-corrected chi connectivity index (χ2v) is 36.7. The van der Waals surface area contributed by atoms with Crippen LogP contribution in [0.2, 0.25) is 0 Å². The molecule has 4 aliphatic carbocycles. The zero-order valence-electron chi connectivity index (χ0n) is 75.2. The van der Waals surface area contributed by atoms with E-state index in [1.807, 2.05) is 114 Å². The van der Waals surface area contributed by atoms with Gasteiger partial charge in [0.25, 0.3) is 5.91 Å². The van der Waals surface area contributed by atoms with Crippen LogP contribution in [0.3, 0.4) is 0 Å². The summed E-state index contributed by atoms with van der Waals surface area (Å²) in [6.45, 7) is 25.4. The van der Waals surface area contributed by atoms with Gasteiger partial charge in [0.2, 0.25) is 0 Å². The molecule has 5 N–H and O–H groups in total. The van der Waals surface area contributed by atoms with Gasteiger partial charge in [-0.05, 0) is 197 Å². The number of carbonyl (C=O) groups excluding carboxylic acids is 7. The quantitative estimate of drug-likeness (QED) is 0.0278. The van der Waals surface area contributed by atoms with E-state index in [9.17, 15) is 58.4 Å². The number of aromatic nitrogens is 2. The molecule has 21 heteroatoms. The third-order valence-corrected chi connectivity index (χ3v) is 26.3. The first-order valence-electron chi connectivity index (χ1n) is 45.9. The molecule has 5 aromatic carbocycles. The van der Waals surface area contributed by atoms with Gasteiger partial charge in [-0.3, -0.25) is 33.6 Å². The standard InChI is InChI=1S/C33H33FN2O4.C25H27NO3.C24H36O5.C23H34O5/c1-21(2)31-30(33(39)35-25-11-7-4-8-12-25)29(22-9-5-3-6-10-22)32(23-13-15-24(34)16-14-23)36(31)18-17-27-19-26(37)20-28(38)40-27;1-16(2)26-22-7-5-4-6-21(22)25(18-10-8-17(3)9-11-18)23(26)13-12-20-14-19(27)15-24(28)29-20;1-5-15(3)24(27)29-21-11-14(2)10-17-7-6-16(4)20(23(17)21)9-8-19-12-18(25)13-22(26)28-19;1-4-14(2)23(26)28-20-7-5-6-16-9-8-15(3)19(22(16)20)11-10-18-12-17(24)13-21(25)27-18/h3-16,21,26-27,37H,17-20H2,1-2H3,(H,35,39);4-13,16,19-20,27H,14-15H2,1-3H3;6-7,10,14-16,18-21,23,25H,5,8-9,11-13H2,1-4H3;6,8-9,14-15,17-20,22,24H,4-5,7,10-13H2,1-3H3/b;13-12+;;. The van der Waals surface area contributed by atoms with Crippen LogP contribution in [0.25, 0.3) is 50.5 Å². The number of aryl methyl sites for hydroxylation is 1. The fraction of sp³-hybridized carbons (Fsp3) is 0.495. The third-order valence-electron chi connectivity index (χ3n) is 26.3. The van der Waals surface area contributed by atoms with Crippen molar-refractivity contribution in [2.24, 2.45) is 53.3 Å². The molecule has 1 amide bonds. The number of fused-ring (bicyclic) bond motifs is 3. The number of nitrogens with zero attached hydrogens (tertiary/aromatic N) is 2. The number of allylic oxidation sites excluding steroid dienone is 6. The van der Waals surface area contributed by atoms with Crippen molar-refractivity contribution in [2.75, 3.05) is 5.32 Å². The van der Waals surface area contributed by atoms with Crippen LogP contribution in [0.5, 0.6) is 0 Å². The monoisotopic (exact) mass is 1720 g/mol. The molecule has 4 saturated heterocycles. The summed E-state index contributed by atoms with van der Waals surface area (Å²) in [4.78, 5) is 86.1. The highest BCUT2D eigenvalue weighted by Gasteiger charge is 2.45. The molecule has 6 heterocycles. The van der Waals surface area contributed by atoms with Crippen LogP contribution in [0, 0.1) is 66.0 Å². The van der Waals surface area contributed by atoms with Gasteiger partial charge in [0.15, 0.2) is 0 Å². The molecule has 15 rings (SSSR count). The minimum Gasteiger partial charge on any atom is -0.462 e. The fourth-order valence-electron chi connectivity index (χ4n) is 19.5. The second kappa shape index (κ2) is 43.9. The van der Waals surface area contributed by atoms with Crippen molar-refractivity contribution in [2.45, 2.75) is 278 Å². The number of hydrogen-bond donors (Lipinski definition) is 5. The number of hydrogen-bond acceptors (Lipinski definition) is 17. The van der Waals surface area contributed by atoms with Gasteiger partial charge >= 0.3 is 35.8 Å². The topological polar surface area (TPSA) is 278 Å². The number of carbonyl (C=O) groups is 7. The number of rotatable bonds is 24. The van der Waals surface area contributed by atoms with Crippen LogP contribution in [0.4, 0.5) is 10.1 Å². The molecule has 0 spiro atoms. The summed E-state index contributed by atoms with van der Waals surface area (Å²) in [7, 11) is 0. The molecule has 20 nitrogen and oxygen atoms in total. The van der Waals surface area contributed by atoms with Gasteiger partial charge in [-0.2, -0.15) is 0 Å². The normalized spacial score (nSPS) is 26.8. The maximum atomic E-state index is 14.1. The van der Waals surface area contributed by atoms with Gasteiger partial charge in [-0.15, -0.1) is 0 Å². The number of halogens is 1. The Balaban J connectivity index is 0.000000155. The number of cyclic esters (lactones) is 4. The van der Waals surface area contributed by atoms with Gasteiger partial charge < -0.3 is 63.3 Å². The molecule has 0 saturated carbocycles. The van der Waals surface area contributed by atoms with Crippen molar-refractivity contribution >= 4 is 64.4 Å². The Bertz CT molecular complexity index is 5060. The second-order valence-electron chi connectivity index (χ2n) is 36.7. The van der Waals surface area contributed by atoms with E-state index in [1.54, 1.807) is 12.1 Å². The Hall–Kier alpha value is -10.3. The number of esters is 6. The van der Waals surface area contributed by atoms with Crippen LogP contribution < -0.4 is 5.32 Å². The highest BCUT2D eigenvalue weighted by atomic mass is 19.1. The fourth-order valence-corrected chi connectivity index (χ4v) is 19.5. The lowest BCUT2D eigenvalue weighted by molar-refractivity contribution is -0.162. The number of amides is 1. The van der Waals surface area contributed by atoms with Crippen molar-refractivity contribution in [3.05, 3.63) is 215 Å². The van der Waals surface area contributed by atoms with Crippen LogP contribution in [0.1, 0.15) is 231 Å². The van der Waals surface area contributed by atoms with Crippen molar-refractivity contribution in [1.82, 2.24) is 9.13 Å². The van der Waals surface area contributed by atoms with E-state index in [0.717, 1.165) is 97.1 Å². The predicted molar refractivity (Wildman–Crippen MR) is 487 cm³/mol. The molecule has 8 aliphatic rings. The predicted octanol–water partition coefficient (Wildman–Crippen LogP) is 20.2. The first-order chi connectivity index (χ1) is 60.4. The number of aliphatic hydroxyl groups excluding tert-OH is 4. The van der Waals surface area contributed by atoms with Crippen molar-refractivity contribution in [3.63, 3.8) is 0 Å². The smallest absolute Gasteiger partial charge is 0.309 e. The van der Waals surface area contributed by atoms with E-state index in [1.165, 1.54) is 45.3 Å². The molecule has 2 aromatic heterocycles. The minimum absolute atomic E-state index is 0.0000536. The molecular weight excluding hydrogens is 1590 g/mol. The molecule has 674 valence electrons. The number of nitrogens with one attached hydrogen (secondary N) is 1. The Labute approximate surface area is 742 Å². The lowest BCUT2D eigenvalue weighted by Gasteiger charge is -2.43. The Kier molecular flexibility index (Phi) is 33.1. The highest BCUT2D eigenvalue weighted by Crippen LogP contribution is 2.49. The number of benzene rings is 5. The lowest BCUT2D eigenvalue weighted by Crippen LogP contribution is -2.42. The highest BCUT2D eigenvalue weighted by molar-refractivity contribution is 6.12. The van der Waals surface area contributed by atoms with E-state index >= 15 is 0 Å². The first kappa shape index (κ1) is 94.8. The van der Waals surface area contributed by atoms with Crippen LogP contribution >= 0.6 is 0 Å². The summed E-state index contributed by atoms with van der Waals surface area (Å²) in [5.41, 5.74) is 13.6. The van der Waals surface area contributed by atoms with Gasteiger partial charge in [0.05, 0.1) is 73.2 Å². The molecule has 0 bridgehead atoms. The van der Waals surface area contributed by atoms with Gasteiger partial charge in [0.1, 0.15) is 42.4 Å². The van der Waals surface area contributed by atoms with Crippen molar-refractivity contribution in [1.29, 1.82) is 0 Å². The SMILES string of the molecule is CC(C)c1c(C(=O)Nc2ccccc2)c(-c2ccccc2)c(-c2ccc(F)cc2)n1CCC1CC(O)CC(=O)O1.CCC(C)C(=O)OC1CC(C)C=C2C=CC(C)C(CCC3CC(O)CC(=O)O3)C21.CCC(C)C(=O)OC1CCC=C2C=CC(C)C(CCC3CC(O)CC(=O)O3)C21.Cc1ccc(-c2c(/C=C/C3CC(O)CC(=O)O3)n(C(C)C)c3ccccc23)cc1. The average molecular weight is 1730 g/mol. The van der Waals surface area contributed by atoms with Crippen molar-refractivity contribution in [3.8, 4) is 33.5 Å². The van der Waals surface area contributed by atoms with Crippen LogP contribution in [-0.4, -0.2) is 132 Å². The van der Waals surface area contributed by atoms with E-state index < -0.39 is 42.6 Å². The molecule has 4 aliphatic heterocycles. The van der Waals surface area contributed by atoms with E-state index in [4.69, 9.17) is 28.4 Å². The van der Waals surface area contributed by atoms with Gasteiger partial charge in [0, 0.05) is 95.6 Å². The summed E-state index contributed by atoms with van der Waals surface area (Å²) in [6, 6.07) is 42.6. The van der Waals surface area contributed by atoms with Gasteiger partial charge in [-0.1, -0.05) is 195 Å². The molecule has 126 heavy (non-hydrogen) atoms. The lowest BCUT2D eigenvalue weighted by atomic mass is 9.65. The Morgan fingerprint density at radius 1 is 0.556 bits per heavy atom. The summed E-state index contributed by atoms with van der Waals surface area (Å²) in [5, 5.41) is 44.1. The van der Waals surface area contributed by atoms with Crippen LogP contribution in [-0.2, 0) is 63.7 Å². The number of aliphatic hydroxyl groups is 4. The summed E-state index contributed by atoms with van der Waals surface area (Å²) in [5.74, 6) is -0.214. The zero-order valence-corrected chi connectivity index (χ0v) is 75.2. The van der Waals surface area contributed by atoms with E-state index in [2.05, 4.69) is 141 Å². The summed E-state index contributed by atoms with van der Waals surface area (Å²) in [6.07, 6.45) is 23.4. The molecule has 0 radical (unpaired) electrons. The molecule has 4 fully saturated rings. The average Bonchev–Trinajstić information content (AvgIpc) is 1.57. The maximum absolute atomic E-state index is 14.1. The Morgan fingerprint density at radius 2 is 1.05 bits per heavy atom. The van der Waals surface area contributed by atoms with Crippen molar-refractivity contribution < 1.29 is 86.8 Å². The largest absolute Gasteiger partial charge is 0.462 e. The molecule has 19 unspecified atom stereocenters. The molecular formula is C105H130FN3O17. The number of para-hydroxylation sites is 2. The summed E-state index contributed by atoms with van der Waals surface area (Å²) < 4.78 is 52.3. The Morgan fingerprint density at radius 3 is 1.59 bits per heavy atom. The van der Waals surface area contributed by atoms with E-state index in [0.29, 0.717) is 79.5 Å². The first-order valence-corrected chi connectivity index (χ1v) is 45.9. The van der Waals surface area contributed by atoms with E-state index in [-0.39, 0.29) is 127 Å².